The molecule has 0 unspecified atom stereocenters. The zero-order chi connectivity index (χ0) is 6.53. The molecule has 1 aliphatic rings. The lowest BCUT2D eigenvalue weighted by Gasteiger charge is -2.23. The third kappa shape index (κ3) is 2.17. The Hall–Kier alpha value is -0.330. The van der Waals surface area contributed by atoms with Crippen LogP contribution in [0.15, 0.2) is 4.99 Å². The molecule has 1 nitrogen and oxygen atoms in total. The van der Waals surface area contributed by atoms with E-state index < -0.39 is 0 Å². The second-order valence-corrected chi connectivity index (χ2v) is 2.71. The summed E-state index contributed by atoms with van der Waals surface area (Å²) in [4.78, 5) is 4.17. The van der Waals surface area contributed by atoms with E-state index in [1.165, 1.54) is 25.7 Å². The van der Waals surface area contributed by atoms with E-state index in [4.69, 9.17) is 0 Å². The lowest BCUT2D eigenvalue weighted by molar-refractivity contribution is 0.329. The number of nitrogens with zero attached hydrogens (tertiary/aromatic N) is 1. The molecule has 0 N–H and O–H groups in total. The standard InChI is InChI=1S/C8H15N/c1-2-9-7-6-8-4-3-5-8/h7-8H,2-6H2,1H3/b9-7+. The van der Waals surface area contributed by atoms with Crippen LogP contribution in [0.3, 0.4) is 0 Å². The van der Waals surface area contributed by atoms with Crippen molar-refractivity contribution in [1.29, 1.82) is 0 Å². The van der Waals surface area contributed by atoms with E-state index in [1.54, 1.807) is 0 Å². The SMILES string of the molecule is CC/N=C/CC1CCC1. The van der Waals surface area contributed by atoms with Gasteiger partial charge in [-0.15, -0.1) is 0 Å². The van der Waals surface area contributed by atoms with E-state index in [9.17, 15) is 0 Å². The van der Waals surface area contributed by atoms with Crippen LogP contribution in [0.5, 0.6) is 0 Å². The molecule has 0 saturated heterocycles. The van der Waals surface area contributed by atoms with Crippen molar-refractivity contribution in [2.24, 2.45) is 10.9 Å². The predicted octanol–water partition coefficient (Wildman–Crippen LogP) is 2.27. The monoisotopic (exact) mass is 125 g/mol. The molecule has 1 fully saturated rings. The number of rotatable bonds is 3. The molecule has 9 heavy (non-hydrogen) atoms. The zero-order valence-corrected chi connectivity index (χ0v) is 6.14. The van der Waals surface area contributed by atoms with E-state index in [-0.39, 0.29) is 0 Å². The highest BCUT2D eigenvalue weighted by Crippen LogP contribution is 2.28. The van der Waals surface area contributed by atoms with Crippen molar-refractivity contribution in [3.05, 3.63) is 0 Å². The van der Waals surface area contributed by atoms with Gasteiger partial charge in [0.25, 0.3) is 0 Å². The Morgan fingerprint density at radius 3 is 2.78 bits per heavy atom. The van der Waals surface area contributed by atoms with Gasteiger partial charge in [0.1, 0.15) is 0 Å². The first-order chi connectivity index (χ1) is 4.43. The van der Waals surface area contributed by atoms with Crippen LogP contribution < -0.4 is 0 Å². The summed E-state index contributed by atoms with van der Waals surface area (Å²) in [5.41, 5.74) is 0. The smallest absolute Gasteiger partial charge is 0.0357 e. The number of hydrogen-bond acceptors (Lipinski definition) is 1. The highest BCUT2D eigenvalue weighted by molar-refractivity contribution is 5.57. The van der Waals surface area contributed by atoms with Crippen LogP contribution in [-0.2, 0) is 0 Å². The molecule has 0 heterocycles. The zero-order valence-electron chi connectivity index (χ0n) is 6.14. The molecule has 52 valence electrons. The Balaban J connectivity index is 1.97. The first-order valence-corrected chi connectivity index (χ1v) is 3.91. The van der Waals surface area contributed by atoms with E-state index >= 15 is 0 Å². The molecular weight excluding hydrogens is 110 g/mol. The predicted molar refractivity (Wildman–Crippen MR) is 41.0 cm³/mol. The molecule has 0 amide bonds. The molecule has 0 atom stereocenters. The third-order valence-electron chi connectivity index (χ3n) is 1.98. The molecular formula is C8H15N. The third-order valence-corrected chi connectivity index (χ3v) is 1.98. The lowest BCUT2D eigenvalue weighted by Crippen LogP contribution is -2.10. The largest absolute Gasteiger partial charge is 0.298 e. The fraction of sp³-hybridized carbons (Fsp3) is 0.875. The molecule has 1 aliphatic carbocycles. The summed E-state index contributed by atoms with van der Waals surface area (Å²) in [7, 11) is 0. The summed E-state index contributed by atoms with van der Waals surface area (Å²) in [6.45, 7) is 3.03. The minimum absolute atomic E-state index is 0.951. The molecule has 0 aromatic heterocycles. The van der Waals surface area contributed by atoms with E-state index in [0.717, 1.165) is 12.5 Å². The molecule has 0 bridgehead atoms. The summed E-state index contributed by atoms with van der Waals surface area (Å²) in [5.74, 6) is 0.986. The fourth-order valence-electron chi connectivity index (χ4n) is 1.08. The van der Waals surface area contributed by atoms with Gasteiger partial charge in [0, 0.05) is 6.54 Å². The van der Waals surface area contributed by atoms with Crippen molar-refractivity contribution in [3.63, 3.8) is 0 Å². The highest BCUT2D eigenvalue weighted by Gasteiger charge is 2.14. The van der Waals surface area contributed by atoms with Crippen LogP contribution in [0.4, 0.5) is 0 Å². The van der Waals surface area contributed by atoms with Crippen LogP contribution in [0.2, 0.25) is 0 Å². The lowest BCUT2D eigenvalue weighted by atomic mass is 9.83. The van der Waals surface area contributed by atoms with Gasteiger partial charge in [-0.25, -0.2) is 0 Å². The maximum Gasteiger partial charge on any atom is 0.0357 e. The first kappa shape index (κ1) is 6.79. The summed E-state index contributed by atoms with van der Waals surface area (Å²) in [6.07, 6.45) is 7.65. The average Bonchev–Trinajstić information content (AvgIpc) is 1.76. The van der Waals surface area contributed by atoms with Crippen LogP contribution >= 0.6 is 0 Å². The van der Waals surface area contributed by atoms with Gasteiger partial charge in [0.05, 0.1) is 0 Å². The molecule has 0 radical (unpaired) electrons. The summed E-state index contributed by atoms with van der Waals surface area (Å²) in [5, 5.41) is 0. The normalized spacial score (nSPS) is 20.6. The summed E-state index contributed by atoms with van der Waals surface area (Å²) in [6, 6.07) is 0. The Kier molecular flexibility index (Phi) is 2.75. The van der Waals surface area contributed by atoms with Crippen molar-refractivity contribution < 1.29 is 0 Å². The van der Waals surface area contributed by atoms with E-state index in [0.29, 0.717) is 0 Å². The van der Waals surface area contributed by atoms with Crippen LogP contribution in [-0.4, -0.2) is 12.8 Å². The van der Waals surface area contributed by atoms with E-state index in [2.05, 4.69) is 18.1 Å². The van der Waals surface area contributed by atoms with Crippen LogP contribution in [0.1, 0.15) is 32.6 Å². The molecule has 0 aliphatic heterocycles. The average molecular weight is 125 g/mol. The second kappa shape index (κ2) is 3.65. The van der Waals surface area contributed by atoms with Crippen molar-refractivity contribution in [3.8, 4) is 0 Å². The first-order valence-electron chi connectivity index (χ1n) is 3.91. The van der Waals surface area contributed by atoms with Crippen molar-refractivity contribution >= 4 is 6.21 Å². The Labute approximate surface area is 57.2 Å². The quantitative estimate of drug-likeness (QED) is 0.513. The van der Waals surface area contributed by atoms with Crippen molar-refractivity contribution in [1.82, 2.24) is 0 Å². The van der Waals surface area contributed by atoms with Crippen LogP contribution in [0.25, 0.3) is 0 Å². The maximum atomic E-state index is 4.17. The minimum Gasteiger partial charge on any atom is -0.298 e. The Bertz CT molecular complexity index is 92.7. The number of aliphatic imine (C=N–C) groups is 1. The molecule has 0 aromatic rings. The van der Waals surface area contributed by atoms with Gasteiger partial charge in [-0.3, -0.25) is 4.99 Å². The van der Waals surface area contributed by atoms with Crippen LogP contribution in [0, 0.1) is 5.92 Å². The molecule has 1 heteroatoms. The highest BCUT2D eigenvalue weighted by atomic mass is 14.7. The van der Waals surface area contributed by atoms with Gasteiger partial charge in [0.15, 0.2) is 0 Å². The van der Waals surface area contributed by atoms with Gasteiger partial charge >= 0.3 is 0 Å². The fourth-order valence-corrected chi connectivity index (χ4v) is 1.08. The van der Waals surface area contributed by atoms with Gasteiger partial charge in [-0.2, -0.15) is 0 Å². The van der Waals surface area contributed by atoms with Gasteiger partial charge < -0.3 is 0 Å². The Morgan fingerprint density at radius 1 is 1.56 bits per heavy atom. The van der Waals surface area contributed by atoms with Crippen molar-refractivity contribution in [2.45, 2.75) is 32.6 Å². The molecule has 1 saturated carbocycles. The van der Waals surface area contributed by atoms with Gasteiger partial charge in [0.2, 0.25) is 0 Å². The van der Waals surface area contributed by atoms with Gasteiger partial charge in [-0.05, 0) is 25.5 Å². The topological polar surface area (TPSA) is 12.4 Å². The second-order valence-electron chi connectivity index (χ2n) is 2.71. The minimum atomic E-state index is 0.951. The maximum absolute atomic E-state index is 4.17. The van der Waals surface area contributed by atoms with Gasteiger partial charge in [-0.1, -0.05) is 19.3 Å². The summed E-state index contributed by atoms with van der Waals surface area (Å²) < 4.78 is 0. The van der Waals surface area contributed by atoms with Crippen molar-refractivity contribution in [2.75, 3.05) is 6.54 Å². The summed E-state index contributed by atoms with van der Waals surface area (Å²) >= 11 is 0. The molecule has 0 aromatic carbocycles. The number of hydrogen-bond donors (Lipinski definition) is 0. The molecule has 1 rings (SSSR count). The molecule has 0 spiro atoms. The Morgan fingerprint density at radius 2 is 2.33 bits per heavy atom. The van der Waals surface area contributed by atoms with E-state index in [1.807, 2.05) is 0 Å².